The summed E-state index contributed by atoms with van der Waals surface area (Å²) in [5, 5.41) is 30.1. The van der Waals surface area contributed by atoms with Crippen LogP contribution in [0.4, 0.5) is 0 Å². The van der Waals surface area contributed by atoms with Gasteiger partial charge in [-0.25, -0.2) is 0 Å². The van der Waals surface area contributed by atoms with Crippen molar-refractivity contribution in [3.05, 3.63) is 22.3 Å². The maximum Gasteiger partial charge on any atom is 0.128 e. The van der Waals surface area contributed by atoms with Gasteiger partial charge in [-0.1, -0.05) is 40.0 Å². The van der Waals surface area contributed by atoms with Crippen LogP contribution in [-0.2, 0) is 13.0 Å². The maximum absolute atomic E-state index is 10.3. The van der Waals surface area contributed by atoms with E-state index < -0.39 is 0 Å². The third-order valence-corrected chi connectivity index (χ3v) is 4.75. The first-order valence-corrected chi connectivity index (χ1v) is 8.43. The number of aliphatic hydroxyl groups is 1. The van der Waals surface area contributed by atoms with E-state index in [2.05, 4.69) is 20.8 Å². The summed E-state index contributed by atoms with van der Waals surface area (Å²) in [6.45, 7) is 10.2. The van der Waals surface area contributed by atoms with Gasteiger partial charge < -0.3 is 15.3 Å². The Bertz CT molecular complexity index is 492. The van der Waals surface area contributed by atoms with Gasteiger partial charge in [-0.05, 0) is 49.7 Å². The van der Waals surface area contributed by atoms with Crippen molar-refractivity contribution in [2.45, 2.75) is 73.3 Å². The highest BCUT2D eigenvalue weighted by molar-refractivity contribution is 5.57. The molecule has 1 rings (SSSR count). The Labute approximate surface area is 135 Å². The molecule has 1 atom stereocenters. The normalized spacial score (nSPS) is 12.9. The second kappa shape index (κ2) is 8.42. The summed E-state index contributed by atoms with van der Waals surface area (Å²) in [5.41, 5.74) is 2.65. The van der Waals surface area contributed by atoms with Crippen LogP contribution in [0.2, 0.25) is 0 Å². The SMILES string of the molecule is Cc1c(C)c(CO)c(O)c(CCC(C)CCCC(C)C)c1O. The summed E-state index contributed by atoms with van der Waals surface area (Å²) in [6, 6.07) is 0. The highest BCUT2D eigenvalue weighted by atomic mass is 16.3. The van der Waals surface area contributed by atoms with E-state index >= 15 is 0 Å². The van der Waals surface area contributed by atoms with Gasteiger partial charge in [0, 0.05) is 11.1 Å². The van der Waals surface area contributed by atoms with Gasteiger partial charge in [0.25, 0.3) is 0 Å². The van der Waals surface area contributed by atoms with E-state index in [4.69, 9.17) is 0 Å². The Morgan fingerprint density at radius 2 is 1.45 bits per heavy atom. The zero-order chi connectivity index (χ0) is 16.9. The van der Waals surface area contributed by atoms with Gasteiger partial charge in [0.05, 0.1) is 6.61 Å². The first-order chi connectivity index (χ1) is 10.3. The van der Waals surface area contributed by atoms with E-state index in [1.807, 2.05) is 13.8 Å². The molecule has 0 spiro atoms. The fourth-order valence-electron chi connectivity index (χ4n) is 2.94. The van der Waals surface area contributed by atoms with Crippen LogP contribution in [0.3, 0.4) is 0 Å². The molecule has 0 amide bonds. The van der Waals surface area contributed by atoms with Crippen LogP contribution in [0.15, 0.2) is 0 Å². The van der Waals surface area contributed by atoms with Gasteiger partial charge >= 0.3 is 0 Å². The van der Waals surface area contributed by atoms with E-state index in [1.165, 1.54) is 19.3 Å². The molecule has 0 radical (unpaired) electrons. The topological polar surface area (TPSA) is 60.7 Å². The molecule has 0 fully saturated rings. The number of phenolic OH excluding ortho intramolecular Hbond substituents is 1. The second-order valence-corrected chi connectivity index (χ2v) is 7.03. The molecule has 22 heavy (non-hydrogen) atoms. The second-order valence-electron chi connectivity index (χ2n) is 7.03. The smallest absolute Gasteiger partial charge is 0.128 e. The lowest BCUT2D eigenvalue weighted by Crippen LogP contribution is -2.03. The number of rotatable bonds is 8. The zero-order valence-corrected chi connectivity index (χ0v) is 14.7. The lowest BCUT2D eigenvalue weighted by atomic mass is 9.90. The predicted molar refractivity (Wildman–Crippen MR) is 91.3 cm³/mol. The summed E-state index contributed by atoms with van der Waals surface area (Å²) in [7, 11) is 0. The minimum Gasteiger partial charge on any atom is -0.507 e. The lowest BCUT2D eigenvalue weighted by molar-refractivity contribution is 0.273. The Balaban J connectivity index is 2.75. The number of aliphatic hydroxyl groups excluding tert-OH is 1. The first kappa shape index (κ1) is 18.8. The molecule has 3 nitrogen and oxygen atoms in total. The molecule has 0 aliphatic rings. The molecule has 0 saturated heterocycles. The molecule has 0 saturated carbocycles. The van der Waals surface area contributed by atoms with Crippen LogP contribution in [0.5, 0.6) is 11.5 Å². The fraction of sp³-hybridized carbons (Fsp3) is 0.684. The Morgan fingerprint density at radius 1 is 0.818 bits per heavy atom. The molecule has 3 heteroatoms. The zero-order valence-electron chi connectivity index (χ0n) is 14.7. The summed E-state index contributed by atoms with van der Waals surface area (Å²) in [5.74, 6) is 1.56. The largest absolute Gasteiger partial charge is 0.507 e. The van der Waals surface area contributed by atoms with Crippen LogP contribution in [0.1, 0.15) is 68.7 Å². The van der Waals surface area contributed by atoms with E-state index in [-0.39, 0.29) is 18.1 Å². The molecule has 1 unspecified atom stereocenters. The monoisotopic (exact) mass is 308 g/mol. The molecule has 3 N–H and O–H groups in total. The molecular formula is C19H32O3. The van der Waals surface area contributed by atoms with Crippen molar-refractivity contribution in [1.82, 2.24) is 0 Å². The van der Waals surface area contributed by atoms with Crippen molar-refractivity contribution in [2.75, 3.05) is 0 Å². The average Bonchev–Trinajstić information content (AvgIpc) is 2.45. The standard InChI is InChI=1S/C19H32O3/c1-12(2)7-6-8-13(3)9-10-16-18(21)15(5)14(4)17(11-20)19(16)22/h12-13,20-22H,6-11H2,1-5H3. The van der Waals surface area contributed by atoms with Crippen molar-refractivity contribution in [3.63, 3.8) is 0 Å². The number of phenols is 2. The van der Waals surface area contributed by atoms with Crippen molar-refractivity contribution in [1.29, 1.82) is 0 Å². The van der Waals surface area contributed by atoms with E-state index in [0.29, 0.717) is 23.5 Å². The van der Waals surface area contributed by atoms with Gasteiger partial charge in [0.15, 0.2) is 0 Å². The van der Waals surface area contributed by atoms with E-state index in [9.17, 15) is 15.3 Å². The first-order valence-electron chi connectivity index (χ1n) is 8.43. The molecule has 1 aromatic carbocycles. The van der Waals surface area contributed by atoms with E-state index in [1.54, 1.807) is 0 Å². The fourth-order valence-corrected chi connectivity index (χ4v) is 2.94. The van der Waals surface area contributed by atoms with Gasteiger partial charge in [0.2, 0.25) is 0 Å². The third kappa shape index (κ3) is 4.64. The molecule has 0 aliphatic heterocycles. The number of hydrogen-bond acceptors (Lipinski definition) is 3. The summed E-state index contributed by atoms with van der Waals surface area (Å²) in [4.78, 5) is 0. The molecule has 0 aliphatic carbocycles. The van der Waals surface area contributed by atoms with E-state index in [0.717, 1.165) is 23.5 Å². The van der Waals surface area contributed by atoms with Crippen molar-refractivity contribution < 1.29 is 15.3 Å². The van der Waals surface area contributed by atoms with Gasteiger partial charge in [-0.3, -0.25) is 0 Å². The number of hydrogen-bond donors (Lipinski definition) is 3. The van der Waals surface area contributed by atoms with Crippen LogP contribution in [0, 0.1) is 25.7 Å². The molecule has 1 aromatic rings. The number of aromatic hydroxyl groups is 2. The summed E-state index contributed by atoms with van der Waals surface area (Å²) in [6.07, 6.45) is 5.24. The van der Waals surface area contributed by atoms with Crippen molar-refractivity contribution >= 4 is 0 Å². The molecule has 0 aromatic heterocycles. The Morgan fingerprint density at radius 3 is 2.00 bits per heavy atom. The molecule has 126 valence electrons. The van der Waals surface area contributed by atoms with Crippen LogP contribution in [0.25, 0.3) is 0 Å². The minimum absolute atomic E-state index is 0.0671. The Kier molecular flexibility index (Phi) is 7.21. The third-order valence-electron chi connectivity index (χ3n) is 4.75. The minimum atomic E-state index is -0.199. The average molecular weight is 308 g/mol. The Hall–Kier alpha value is -1.22. The van der Waals surface area contributed by atoms with Crippen LogP contribution < -0.4 is 0 Å². The quantitative estimate of drug-likeness (QED) is 0.657. The summed E-state index contributed by atoms with van der Waals surface area (Å²) >= 11 is 0. The van der Waals surface area contributed by atoms with Crippen molar-refractivity contribution in [3.8, 4) is 11.5 Å². The van der Waals surface area contributed by atoms with Gasteiger partial charge in [0.1, 0.15) is 11.5 Å². The van der Waals surface area contributed by atoms with Gasteiger partial charge in [-0.2, -0.15) is 0 Å². The van der Waals surface area contributed by atoms with Gasteiger partial charge in [-0.15, -0.1) is 0 Å². The highest BCUT2D eigenvalue weighted by Crippen LogP contribution is 2.38. The maximum atomic E-state index is 10.3. The summed E-state index contributed by atoms with van der Waals surface area (Å²) < 4.78 is 0. The highest BCUT2D eigenvalue weighted by Gasteiger charge is 2.19. The van der Waals surface area contributed by atoms with Crippen LogP contribution in [-0.4, -0.2) is 15.3 Å². The van der Waals surface area contributed by atoms with Crippen LogP contribution >= 0.6 is 0 Å². The molecule has 0 heterocycles. The predicted octanol–water partition coefficient (Wildman–Crippen LogP) is 4.60. The lowest BCUT2D eigenvalue weighted by Gasteiger charge is -2.18. The number of benzene rings is 1. The molecular weight excluding hydrogens is 276 g/mol. The van der Waals surface area contributed by atoms with Crippen molar-refractivity contribution in [2.24, 2.45) is 11.8 Å². The molecule has 0 bridgehead atoms.